The maximum absolute atomic E-state index is 11.4. The third-order valence-corrected chi connectivity index (χ3v) is 2.40. The van der Waals surface area contributed by atoms with Gasteiger partial charge in [0.25, 0.3) is 0 Å². The molecule has 0 spiro atoms. The normalized spacial score (nSPS) is 8.64. The molecule has 0 heterocycles. The number of thiocarbonyl (C=S) groups is 1. The fourth-order valence-corrected chi connectivity index (χ4v) is 1.46. The topological polar surface area (TPSA) is 55.1 Å². The maximum atomic E-state index is 11.4. The molecule has 1 rings (SSSR count). The van der Waals surface area contributed by atoms with E-state index in [0.29, 0.717) is 5.56 Å². The van der Waals surface area contributed by atoms with Gasteiger partial charge >= 0.3 is 51.4 Å². The molecule has 3 N–H and O–H groups in total. The summed E-state index contributed by atoms with van der Waals surface area (Å²) in [6.45, 7) is 0. The molecule has 0 aromatic heterocycles. The zero-order chi connectivity index (χ0) is 9.68. The molecular formula is C8H9KN2OS2. The van der Waals surface area contributed by atoms with E-state index in [-0.39, 0.29) is 60.8 Å². The van der Waals surface area contributed by atoms with Crippen LogP contribution in [0.1, 0.15) is 10.4 Å². The van der Waals surface area contributed by atoms with Crippen LogP contribution in [0.5, 0.6) is 0 Å². The summed E-state index contributed by atoms with van der Waals surface area (Å²) in [6.07, 6.45) is 0. The van der Waals surface area contributed by atoms with Crippen molar-refractivity contribution < 1.29 is 4.79 Å². The fourth-order valence-electron chi connectivity index (χ4n) is 0.747. The van der Waals surface area contributed by atoms with Crippen LogP contribution in [0, 0.1) is 0 Å². The number of hydrogen-bond acceptors (Lipinski definition) is 4. The summed E-state index contributed by atoms with van der Waals surface area (Å²) in [5, 5.41) is -0.108. The first kappa shape index (κ1) is 14.7. The third kappa shape index (κ3) is 4.99. The number of hydrazine groups is 1. The molecule has 0 aliphatic carbocycles. The first-order chi connectivity index (χ1) is 6.24. The van der Waals surface area contributed by atoms with Crippen LogP contribution in [0.25, 0.3) is 0 Å². The van der Waals surface area contributed by atoms with Crippen molar-refractivity contribution in [1.82, 2.24) is 5.43 Å². The summed E-state index contributed by atoms with van der Waals surface area (Å²) >= 11 is 5.65. The van der Waals surface area contributed by atoms with Gasteiger partial charge in [0.1, 0.15) is 0 Å². The average molecular weight is 252 g/mol. The van der Waals surface area contributed by atoms with Gasteiger partial charge in [-0.25, -0.2) is 5.84 Å². The van der Waals surface area contributed by atoms with E-state index < -0.39 is 0 Å². The summed E-state index contributed by atoms with van der Waals surface area (Å²) in [5.74, 6) is 5.03. The van der Waals surface area contributed by atoms with Gasteiger partial charge in [-0.15, -0.1) is 0 Å². The molecule has 0 aliphatic rings. The van der Waals surface area contributed by atoms with Crippen molar-refractivity contribution >= 4 is 84.8 Å². The van der Waals surface area contributed by atoms with Gasteiger partial charge in [-0.1, -0.05) is 42.5 Å². The van der Waals surface area contributed by atoms with Crippen LogP contribution in [0.4, 0.5) is 0 Å². The van der Waals surface area contributed by atoms with Crippen LogP contribution in [0.15, 0.2) is 30.3 Å². The monoisotopic (exact) mass is 252 g/mol. The molecule has 0 saturated heterocycles. The predicted molar refractivity (Wildman–Crippen MR) is 65.4 cm³/mol. The van der Waals surface area contributed by atoms with Gasteiger partial charge in [0.2, 0.25) is 5.12 Å². The van der Waals surface area contributed by atoms with Crippen LogP contribution in [0.2, 0.25) is 0 Å². The molecule has 0 unspecified atom stereocenters. The van der Waals surface area contributed by atoms with E-state index in [0.717, 1.165) is 11.8 Å². The summed E-state index contributed by atoms with van der Waals surface area (Å²) < 4.78 is 0.272. The minimum absolute atomic E-state index is 0. The Bertz CT molecular complexity index is 318. The van der Waals surface area contributed by atoms with Crippen molar-refractivity contribution in [3.63, 3.8) is 0 Å². The number of benzene rings is 1. The Morgan fingerprint density at radius 2 is 1.93 bits per heavy atom. The number of hydrogen-bond donors (Lipinski definition) is 2. The van der Waals surface area contributed by atoms with Gasteiger partial charge in [-0.2, -0.15) is 0 Å². The quantitative estimate of drug-likeness (QED) is 0.333. The van der Waals surface area contributed by atoms with Crippen LogP contribution in [-0.2, 0) is 0 Å². The van der Waals surface area contributed by atoms with Crippen molar-refractivity contribution in [2.45, 2.75) is 0 Å². The number of carbonyl (C=O) groups excluding carboxylic acids is 1. The molecule has 0 amide bonds. The summed E-state index contributed by atoms with van der Waals surface area (Å²) in [5.41, 5.74) is 2.86. The standard InChI is InChI=1S/C8H8N2OS2.K.H/c9-10-8(12)13-7(11)6-4-2-1-3-5-6;;/h1-5H,9H2,(H,10,12);;. The van der Waals surface area contributed by atoms with Gasteiger partial charge in [0.15, 0.2) is 4.32 Å². The van der Waals surface area contributed by atoms with E-state index in [1.807, 2.05) is 6.07 Å². The van der Waals surface area contributed by atoms with Crippen LogP contribution in [0.3, 0.4) is 0 Å². The van der Waals surface area contributed by atoms with Gasteiger partial charge in [0, 0.05) is 5.56 Å². The molecule has 14 heavy (non-hydrogen) atoms. The van der Waals surface area contributed by atoms with E-state index in [2.05, 4.69) is 5.43 Å². The van der Waals surface area contributed by atoms with E-state index in [1.54, 1.807) is 24.3 Å². The van der Waals surface area contributed by atoms with E-state index >= 15 is 0 Å². The molecule has 0 aliphatic heterocycles. The fraction of sp³-hybridized carbons (Fsp3) is 0. The molecule has 0 saturated carbocycles. The molecule has 70 valence electrons. The van der Waals surface area contributed by atoms with Gasteiger partial charge in [-0.05, 0) is 11.8 Å². The zero-order valence-corrected chi connectivity index (χ0v) is 8.32. The van der Waals surface area contributed by atoms with Crippen LogP contribution < -0.4 is 11.3 Å². The van der Waals surface area contributed by atoms with Gasteiger partial charge < -0.3 is 5.43 Å². The van der Waals surface area contributed by atoms with Crippen molar-refractivity contribution in [3.05, 3.63) is 35.9 Å². The molecule has 0 fully saturated rings. The minimum atomic E-state index is -0.108. The molecule has 3 nitrogen and oxygen atoms in total. The van der Waals surface area contributed by atoms with E-state index in [9.17, 15) is 4.79 Å². The third-order valence-electron chi connectivity index (χ3n) is 1.31. The number of nitrogens with one attached hydrogen (secondary N) is 1. The second kappa shape index (κ2) is 7.95. The predicted octanol–water partition coefficient (Wildman–Crippen LogP) is 0.660. The zero-order valence-electron chi connectivity index (χ0n) is 6.69. The van der Waals surface area contributed by atoms with Gasteiger partial charge in [0.05, 0.1) is 0 Å². The molecule has 1 aromatic carbocycles. The Labute approximate surface area is 135 Å². The Morgan fingerprint density at radius 1 is 1.36 bits per heavy atom. The van der Waals surface area contributed by atoms with Crippen LogP contribution in [-0.4, -0.2) is 60.8 Å². The van der Waals surface area contributed by atoms with Crippen LogP contribution >= 0.6 is 24.0 Å². The number of rotatable bonds is 1. The first-order valence-electron chi connectivity index (χ1n) is 3.52. The van der Waals surface area contributed by atoms with Crippen molar-refractivity contribution in [2.24, 2.45) is 5.84 Å². The second-order valence-electron chi connectivity index (χ2n) is 2.19. The Kier molecular flexibility index (Phi) is 8.36. The number of carbonyl (C=O) groups is 1. The molecular weight excluding hydrogens is 243 g/mol. The molecule has 6 heteroatoms. The SMILES string of the molecule is NNC(=S)SC(=O)c1ccccc1.[KH]. The van der Waals surface area contributed by atoms with Gasteiger partial charge in [-0.3, -0.25) is 4.79 Å². The molecule has 0 atom stereocenters. The Balaban J connectivity index is 0.00000169. The molecule has 0 bridgehead atoms. The summed E-state index contributed by atoms with van der Waals surface area (Å²) in [7, 11) is 0. The van der Waals surface area contributed by atoms with Crippen molar-refractivity contribution in [1.29, 1.82) is 0 Å². The number of thioether (sulfide) groups is 1. The van der Waals surface area contributed by atoms with Crippen molar-refractivity contribution in [2.75, 3.05) is 0 Å². The van der Waals surface area contributed by atoms with E-state index in [1.165, 1.54) is 0 Å². The second-order valence-corrected chi connectivity index (χ2v) is 3.84. The van der Waals surface area contributed by atoms with Crippen molar-refractivity contribution in [3.8, 4) is 0 Å². The Morgan fingerprint density at radius 3 is 2.43 bits per heavy atom. The summed E-state index contributed by atoms with van der Waals surface area (Å²) in [4.78, 5) is 11.4. The molecule has 0 radical (unpaired) electrons. The summed E-state index contributed by atoms with van der Waals surface area (Å²) in [6, 6.07) is 8.91. The molecule has 1 aromatic rings. The number of nitrogens with two attached hydrogens (primary N) is 1. The first-order valence-corrected chi connectivity index (χ1v) is 4.74. The van der Waals surface area contributed by atoms with E-state index in [4.69, 9.17) is 18.1 Å². The Hall–Kier alpha value is 0.726. The average Bonchev–Trinajstić information content (AvgIpc) is 2.19.